The minimum atomic E-state index is 0.487. The number of benzene rings is 1. The summed E-state index contributed by atoms with van der Waals surface area (Å²) in [5.41, 5.74) is 1.72. The minimum Gasteiger partial charge on any atom is -0.357 e. The highest BCUT2D eigenvalue weighted by Crippen LogP contribution is 2.24. The van der Waals surface area contributed by atoms with Gasteiger partial charge in [0.1, 0.15) is 0 Å². The van der Waals surface area contributed by atoms with Gasteiger partial charge in [0.2, 0.25) is 0 Å². The van der Waals surface area contributed by atoms with E-state index < -0.39 is 0 Å². The molecule has 0 unspecified atom stereocenters. The average molecular weight is 329 g/mol. The lowest BCUT2D eigenvalue weighted by Crippen LogP contribution is -2.28. The van der Waals surface area contributed by atoms with Gasteiger partial charge in [0.05, 0.1) is 22.3 Å². The minimum absolute atomic E-state index is 0.487. The van der Waals surface area contributed by atoms with E-state index in [0.29, 0.717) is 21.7 Å². The molecule has 0 aliphatic rings. The zero-order chi connectivity index (χ0) is 14.5. The molecule has 0 saturated carbocycles. The Morgan fingerprint density at radius 2 is 2.10 bits per heavy atom. The second-order valence-electron chi connectivity index (χ2n) is 4.10. The summed E-state index contributed by atoms with van der Waals surface area (Å²) in [5.74, 6) is 0. The van der Waals surface area contributed by atoms with Crippen molar-refractivity contribution in [2.45, 2.75) is 20.0 Å². The van der Waals surface area contributed by atoms with Crippen molar-refractivity contribution in [3.63, 3.8) is 0 Å². The fourth-order valence-electron chi connectivity index (χ4n) is 1.59. The number of nitrogens with zero attached hydrogens (tertiary/aromatic N) is 2. The van der Waals surface area contributed by atoms with Crippen molar-refractivity contribution in [1.82, 2.24) is 15.1 Å². The predicted molar refractivity (Wildman–Crippen MR) is 87.4 cm³/mol. The number of thiocarbonyl (C=S) groups is 1. The molecular weight excluding hydrogens is 315 g/mol. The molecule has 0 radical (unpaired) electrons. The Morgan fingerprint density at radius 3 is 2.75 bits per heavy atom. The highest BCUT2D eigenvalue weighted by molar-refractivity contribution is 7.80. The van der Waals surface area contributed by atoms with Gasteiger partial charge in [-0.25, -0.2) is 0 Å². The standard InChI is InChI=1S/C13H14Cl2N4S/c1-2-19-6-5-10(18-19)8-16-13(20)17-9-3-4-11(14)12(15)7-9/h3-7H,2,8H2,1H3,(H2,16,17,20). The summed E-state index contributed by atoms with van der Waals surface area (Å²) in [5, 5.41) is 12.0. The van der Waals surface area contributed by atoms with Gasteiger partial charge in [-0.15, -0.1) is 0 Å². The van der Waals surface area contributed by atoms with Crippen LogP contribution in [0.1, 0.15) is 12.6 Å². The van der Waals surface area contributed by atoms with E-state index in [2.05, 4.69) is 15.7 Å². The van der Waals surface area contributed by atoms with Crippen molar-refractivity contribution in [3.8, 4) is 0 Å². The van der Waals surface area contributed by atoms with Gasteiger partial charge in [-0.2, -0.15) is 5.10 Å². The smallest absolute Gasteiger partial charge is 0.171 e. The van der Waals surface area contributed by atoms with Crippen LogP contribution in [0, 0.1) is 0 Å². The van der Waals surface area contributed by atoms with Crippen LogP contribution in [-0.2, 0) is 13.1 Å². The van der Waals surface area contributed by atoms with Gasteiger partial charge in [0.25, 0.3) is 0 Å². The summed E-state index contributed by atoms with van der Waals surface area (Å²) < 4.78 is 1.87. The number of aromatic nitrogens is 2. The lowest BCUT2D eigenvalue weighted by molar-refractivity contribution is 0.643. The van der Waals surface area contributed by atoms with Crippen LogP contribution in [0.5, 0.6) is 0 Å². The van der Waals surface area contributed by atoms with E-state index in [1.807, 2.05) is 29.9 Å². The molecule has 0 aliphatic heterocycles. The van der Waals surface area contributed by atoms with Crippen molar-refractivity contribution in [1.29, 1.82) is 0 Å². The van der Waals surface area contributed by atoms with Crippen LogP contribution in [0.15, 0.2) is 30.5 Å². The first-order valence-corrected chi connectivity index (χ1v) is 7.27. The van der Waals surface area contributed by atoms with Crippen LogP contribution in [-0.4, -0.2) is 14.9 Å². The van der Waals surface area contributed by atoms with Crippen LogP contribution < -0.4 is 10.6 Å². The Bertz CT molecular complexity index is 612. The summed E-state index contributed by atoms with van der Waals surface area (Å²) in [6, 6.07) is 7.22. The third-order valence-electron chi connectivity index (χ3n) is 2.63. The maximum atomic E-state index is 5.94. The van der Waals surface area contributed by atoms with Crippen LogP contribution in [0.25, 0.3) is 0 Å². The monoisotopic (exact) mass is 328 g/mol. The van der Waals surface area contributed by atoms with Crippen molar-refractivity contribution in [2.75, 3.05) is 5.32 Å². The van der Waals surface area contributed by atoms with Crippen LogP contribution in [0.2, 0.25) is 10.0 Å². The van der Waals surface area contributed by atoms with Gasteiger partial charge in [0, 0.05) is 18.4 Å². The summed E-state index contributed by atoms with van der Waals surface area (Å²) >= 11 is 17.0. The zero-order valence-electron chi connectivity index (χ0n) is 10.9. The van der Waals surface area contributed by atoms with Crippen LogP contribution in [0.3, 0.4) is 0 Å². The fourth-order valence-corrected chi connectivity index (χ4v) is 2.08. The molecule has 106 valence electrons. The third-order valence-corrected chi connectivity index (χ3v) is 3.61. The number of hydrogen-bond acceptors (Lipinski definition) is 2. The molecule has 4 nitrogen and oxygen atoms in total. The number of nitrogens with one attached hydrogen (secondary N) is 2. The van der Waals surface area contributed by atoms with Gasteiger partial charge in [0.15, 0.2) is 5.11 Å². The molecule has 1 aromatic heterocycles. The predicted octanol–water partition coefficient (Wildman–Crippen LogP) is 3.70. The lowest BCUT2D eigenvalue weighted by Gasteiger charge is -2.10. The molecule has 7 heteroatoms. The van der Waals surface area contributed by atoms with Crippen molar-refractivity contribution in [2.24, 2.45) is 0 Å². The fraction of sp³-hybridized carbons (Fsp3) is 0.231. The molecule has 2 aromatic rings. The van der Waals surface area contributed by atoms with Gasteiger partial charge in [-0.1, -0.05) is 23.2 Å². The summed E-state index contributed by atoms with van der Waals surface area (Å²) in [4.78, 5) is 0. The Labute approximate surface area is 133 Å². The van der Waals surface area contributed by atoms with Crippen LogP contribution in [0.4, 0.5) is 5.69 Å². The van der Waals surface area contributed by atoms with Gasteiger partial charge >= 0.3 is 0 Å². The van der Waals surface area contributed by atoms with Crippen LogP contribution >= 0.6 is 35.4 Å². The number of halogens is 2. The Balaban J connectivity index is 1.87. The van der Waals surface area contributed by atoms with Crippen molar-refractivity contribution >= 4 is 46.2 Å². The summed E-state index contributed by atoms with van der Waals surface area (Å²) in [7, 11) is 0. The first-order chi connectivity index (χ1) is 9.58. The molecule has 0 saturated heterocycles. The maximum Gasteiger partial charge on any atom is 0.171 e. The molecule has 0 atom stereocenters. The average Bonchev–Trinajstić information content (AvgIpc) is 2.89. The molecule has 0 amide bonds. The Kier molecular flexibility index (Phi) is 5.23. The quantitative estimate of drug-likeness (QED) is 0.840. The normalized spacial score (nSPS) is 10.3. The molecule has 1 aromatic carbocycles. The first kappa shape index (κ1) is 15.1. The van der Waals surface area contributed by atoms with E-state index in [-0.39, 0.29) is 0 Å². The van der Waals surface area contributed by atoms with E-state index in [9.17, 15) is 0 Å². The molecule has 20 heavy (non-hydrogen) atoms. The number of aryl methyl sites for hydroxylation is 1. The summed E-state index contributed by atoms with van der Waals surface area (Å²) in [6.07, 6.45) is 1.94. The number of anilines is 1. The maximum absolute atomic E-state index is 5.94. The highest BCUT2D eigenvalue weighted by Gasteiger charge is 2.03. The highest BCUT2D eigenvalue weighted by atomic mass is 35.5. The van der Waals surface area contributed by atoms with Gasteiger partial charge < -0.3 is 10.6 Å². The third kappa shape index (κ3) is 4.10. The molecule has 0 spiro atoms. The molecule has 0 bridgehead atoms. The van der Waals surface area contributed by atoms with Crippen molar-refractivity contribution in [3.05, 3.63) is 46.2 Å². The molecule has 1 heterocycles. The largest absolute Gasteiger partial charge is 0.357 e. The van der Waals surface area contributed by atoms with Crippen molar-refractivity contribution < 1.29 is 0 Å². The second kappa shape index (κ2) is 6.92. The zero-order valence-corrected chi connectivity index (χ0v) is 13.2. The topological polar surface area (TPSA) is 41.9 Å². The summed E-state index contributed by atoms with van der Waals surface area (Å²) in [6.45, 7) is 3.47. The Morgan fingerprint density at radius 1 is 1.30 bits per heavy atom. The number of hydrogen-bond donors (Lipinski definition) is 2. The van der Waals surface area contributed by atoms with E-state index in [1.165, 1.54) is 0 Å². The van der Waals surface area contributed by atoms with Gasteiger partial charge in [-0.3, -0.25) is 4.68 Å². The van der Waals surface area contributed by atoms with E-state index in [1.54, 1.807) is 12.1 Å². The molecule has 0 aliphatic carbocycles. The van der Waals surface area contributed by atoms with E-state index >= 15 is 0 Å². The SMILES string of the molecule is CCn1ccc(CNC(=S)Nc2ccc(Cl)c(Cl)c2)n1. The molecule has 0 fully saturated rings. The first-order valence-electron chi connectivity index (χ1n) is 6.10. The molecular formula is C13H14Cl2N4S. The molecule has 2 N–H and O–H groups in total. The number of rotatable bonds is 4. The second-order valence-corrected chi connectivity index (χ2v) is 5.32. The lowest BCUT2D eigenvalue weighted by atomic mass is 10.3. The van der Waals surface area contributed by atoms with E-state index in [0.717, 1.165) is 17.9 Å². The van der Waals surface area contributed by atoms with Gasteiger partial charge in [-0.05, 0) is 43.4 Å². The Hall–Kier alpha value is -1.30. The molecule has 2 rings (SSSR count). The van der Waals surface area contributed by atoms with E-state index in [4.69, 9.17) is 35.4 Å².